The van der Waals surface area contributed by atoms with Gasteiger partial charge in [-0.05, 0) is 24.8 Å². The molecule has 1 heterocycles. The Hall–Kier alpha value is -2.11. The Labute approximate surface area is 117 Å². The van der Waals surface area contributed by atoms with E-state index in [0.717, 1.165) is 19.3 Å². The van der Waals surface area contributed by atoms with Gasteiger partial charge < -0.3 is 10.6 Å². The molecule has 20 heavy (non-hydrogen) atoms. The van der Waals surface area contributed by atoms with E-state index >= 15 is 0 Å². The van der Waals surface area contributed by atoms with Crippen molar-refractivity contribution in [3.05, 3.63) is 33.9 Å². The number of nitrogens with two attached hydrogens (primary N) is 1. The number of rotatable bonds is 3. The van der Waals surface area contributed by atoms with E-state index in [2.05, 4.69) is 6.92 Å². The van der Waals surface area contributed by atoms with Crippen LogP contribution < -0.4 is 5.73 Å². The number of carbonyl (C=O) groups is 1. The minimum absolute atomic E-state index is 0.106. The molecule has 1 aliphatic heterocycles. The molecular weight excluding hydrogens is 258 g/mol. The first kappa shape index (κ1) is 14.3. The quantitative estimate of drug-likeness (QED) is 0.522. The van der Waals surface area contributed by atoms with Crippen LogP contribution >= 0.6 is 0 Å². The van der Waals surface area contributed by atoms with Gasteiger partial charge in [0, 0.05) is 30.9 Å². The van der Waals surface area contributed by atoms with Gasteiger partial charge in [-0.15, -0.1) is 0 Å². The third-order valence-corrected chi connectivity index (χ3v) is 3.96. The van der Waals surface area contributed by atoms with Crippen LogP contribution in [0.4, 0.5) is 11.4 Å². The fourth-order valence-electron chi connectivity index (χ4n) is 2.56. The average Bonchev–Trinajstić information content (AvgIpc) is 2.47. The van der Waals surface area contributed by atoms with Gasteiger partial charge >= 0.3 is 0 Å². The van der Waals surface area contributed by atoms with E-state index < -0.39 is 4.92 Å². The van der Waals surface area contributed by atoms with Crippen LogP contribution in [0.3, 0.4) is 0 Å². The second-order valence-corrected chi connectivity index (χ2v) is 5.17. The van der Waals surface area contributed by atoms with Crippen LogP contribution in [0.2, 0.25) is 0 Å². The van der Waals surface area contributed by atoms with E-state index in [1.807, 2.05) is 0 Å². The number of amides is 1. The smallest absolute Gasteiger partial charge is 0.270 e. The molecule has 1 aromatic carbocycles. The number of carbonyl (C=O) groups excluding carboxylic acids is 1. The maximum absolute atomic E-state index is 12.4. The molecule has 1 aliphatic rings. The van der Waals surface area contributed by atoms with Crippen molar-refractivity contribution in [1.29, 1.82) is 0 Å². The molecule has 1 aromatic rings. The summed E-state index contributed by atoms with van der Waals surface area (Å²) >= 11 is 0. The number of likely N-dealkylation sites (tertiary alicyclic amines) is 1. The molecule has 0 atom stereocenters. The van der Waals surface area contributed by atoms with E-state index in [0.29, 0.717) is 24.7 Å². The molecule has 0 aliphatic carbocycles. The minimum Gasteiger partial charge on any atom is -0.398 e. The summed E-state index contributed by atoms with van der Waals surface area (Å²) in [5.74, 6) is 0.460. The van der Waals surface area contributed by atoms with Crippen molar-refractivity contribution in [1.82, 2.24) is 4.90 Å². The Kier molecular flexibility index (Phi) is 4.22. The molecule has 6 heteroatoms. The molecule has 108 valence electrons. The second kappa shape index (κ2) is 5.90. The van der Waals surface area contributed by atoms with Gasteiger partial charge in [-0.3, -0.25) is 14.9 Å². The summed E-state index contributed by atoms with van der Waals surface area (Å²) in [5.41, 5.74) is 6.20. The monoisotopic (exact) mass is 277 g/mol. The Morgan fingerprint density at radius 2 is 2.10 bits per heavy atom. The van der Waals surface area contributed by atoms with E-state index in [1.165, 1.54) is 18.2 Å². The standard InChI is InChI=1S/C14H19N3O3/c1-2-10-5-7-16(8-6-10)14(18)12-9-11(17(19)20)3-4-13(12)15/h3-4,9-10H,2,5-8,15H2,1H3. The van der Waals surface area contributed by atoms with Crippen molar-refractivity contribution in [2.75, 3.05) is 18.8 Å². The summed E-state index contributed by atoms with van der Waals surface area (Å²) in [6, 6.07) is 4.00. The van der Waals surface area contributed by atoms with Crippen LogP contribution in [-0.4, -0.2) is 28.8 Å². The average molecular weight is 277 g/mol. The molecule has 1 amide bonds. The van der Waals surface area contributed by atoms with Crippen LogP contribution in [0, 0.1) is 16.0 Å². The zero-order valence-corrected chi connectivity index (χ0v) is 11.5. The Morgan fingerprint density at radius 3 is 2.65 bits per heavy atom. The van der Waals surface area contributed by atoms with E-state index in [-0.39, 0.29) is 17.2 Å². The molecule has 6 nitrogen and oxygen atoms in total. The van der Waals surface area contributed by atoms with Crippen LogP contribution in [0.5, 0.6) is 0 Å². The summed E-state index contributed by atoms with van der Waals surface area (Å²) in [6.45, 7) is 3.54. The molecule has 0 unspecified atom stereocenters. The van der Waals surface area contributed by atoms with Crippen molar-refractivity contribution in [2.45, 2.75) is 26.2 Å². The normalized spacial score (nSPS) is 16.1. The van der Waals surface area contributed by atoms with Crippen molar-refractivity contribution >= 4 is 17.3 Å². The molecule has 0 aromatic heterocycles. The maximum Gasteiger partial charge on any atom is 0.270 e. The van der Waals surface area contributed by atoms with Crippen molar-refractivity contribution in [2.24, 2.45) is 5.92 Å². The molecular formula is C14H19N3O3. The zero-order chi connectivity index (χ0) is 14.7. The van der Waals surface area contributed by atoms with Gasteiger partial charge in [0.05, 0.1) is 10.5 Å². The molecule has 2 rings (SSSR count). The zero-order valence-electron chi connectivity index (χ0n) is 11.5. The largest absolute Gasteiger partial charge is 0.398 e. The molecule has 0 radical (unpaired) electrons. The summed E-state index contributed by atoms with van der Waals surface area (Å²) in [6.07, 6.45) is 3.09. The number of nitrogen functional groups attached to an aromatic ring is 1. The summed E-state index contributed by atoms with van der Waals surface area (Å²) in [7, 11) is 0. The number of hydrogen-bond acceptors (Lipinski definition) is 4. The fourth-order valence-corrected chi connectivity index (χ4v) is 2.56. The molecule has 0 saturated carbocycles. The lowest BCUT2D eigenvalue weighted by Gasteiger charge is -2.31. The third kappa shape index (κ3) is 2.89. The number of non-ortho nitro benzene ring substituents is 1. The lowest BCUT2D eigenvalue weighted by atomic mass is 9.94. The van der Waals surface area contributed by atoms with Crippen LogP contribution in [-0.2, 0) is 0 Å². The van der Waals surface area contributed by atoms with Crippen molar-refractivity contribution < 1.29 is 9.72 Å². The molecule has 1 fully saturated rings. The highest BCUT2D eigenvalue weighted by Gasteiger charge is 2.25. The number of anilines is 1. The fraction of sp³-hybridized carbons (Fsp3) is 0.500. The molecule has 1 saturated heterocycles. The second-order valence-electron chi connectivity index (χ2n) is 5.17. The van der Waals surface area contributed by atoms with Gasteiger partial charge in [0.25, 0.3) is 11.6 Å². The Bertz CT molecular complexity index is 522. The molecule has 0 spiro atoms. The van der Waals surface area contributed by atoms with E-state index in [9.17, 15) is 14.9 Å². The summed E-state index contributed by atoms with van der Waals surface area (Å²) in [5, 5.41) is 10.8. The first-order valence-corrected chi connectivity index (χ1v) is 6.86. The van der Waals surface area contributed by atoms with Gasteiger partial charge in [-0.25, -0.2) is 0 Å². The number of piperidine rings is 1. The number of nitro benzene ring substituents is 1. The van der Waals surface area contributed by atoms with Crippen LogP contribution in [0.15, 0.2) is 18.2 Å². The van der Waals surface area contributed by atoms with Gasteiger partial charge in [0.15, 0.2) is 0 Å². The summed E-state index contributed by atoms with van der Waals surface area (Å²) < 4.78 is 0. The van der Waals surface area contributed by atoms with Crippen LogP contribution in [0.1, 0.15) is 36.5 Å². The van der Waals surface area contributed by atoms with E-state index in [4.69, 9.17) is 5.73 Å². The minimum atomic E-state index is -0.514. The number of nitrogens with zero attached hydrogens (tertiary/aromatic N) is 2. The highest BCUT2D eigenvalue weighted by Crippen LogP contribution is 2.25. The third-order valence-electron chi connectivity index (χ3n) is 3.96. The first-order valence-electron chi connectivity index (χ1n) is 6.86. The highest BCUT2D eigenvalue weighted by molar-refractivity contribution is 5.99. The highest BCUT2D eigenvalue weighted by atomic mass is 16.6. The van der Waals surface area contributed by atoms with Gasteiger partial charge in [-0.1, -0.05) is 13.3 Å². The van der Waals surface area contributed by atoms with Gasteiger partial charge in [-0.2, -0.15) is 0 Å². The van der Waals surface area contributed by atoms with Crippen molar-refractivity contribution in [3.63, 3.8) is 0 Å². The topological polar surface area (TPSA) is 89.5 Å². The number of nitro groups is 1. The predicted molar refractivity (Wildman–Crippen MR) is 76.4 cm³/mol. The van der Waals surface area contributed by atoms with E-state index in [1.54, 1.807) is 4.90 Å². The number of benzene rings is 1. The molecule has 0 bridgehead atoms. The van der Waals surface area contributed by atoms with Gasteiger partial charge in [0.2, 0.25) is 0 Å². The maximum atomic E-state index is 12.4. The SMILES string of the molecule is CCC1CCN(C(=O)c2cc([N+](=O)[O-])ccc2N)CC1. The predicted octanol–water partition coefficient (Wildman–Crippen LogP) is 2.44. The Balaban J connectivity index is 2.17. The lowest BCUT2D eigenvalue weighted by Crippen LogP contribution is -2.38. The number of hydrogen-bond donors (Lipinski definition) is 1. The first-order chi connectivity index (χ1) is 9.52. The van der Waals surface area contributed by atoms with Gasteiger partial charge in [0.1, 0.15) is 0 Å². The summed E-state index contributed by atoms with van der Waals surface area (Å²) in [4.78, 5) is 24.4. The van der Waals surface area contributed by atoms with Crippen LogP contribution in [0.25, 0.3) is 0 Å². The molecule has 2 N–H and O–H groups in total. The van der Waals surface area contributed by atoms with Crippen molar-refractivity contribution in [3.8, 4) is 0 Å². The Morgan fingerprint density at radius 1 is 1.45 bits per heavy atom. The lowest BCUT2D eigenvalue weighted by molar-refractivity contribution is -0.384.